The molecule has 2 aromatic heterocycles. The summed E-state index contributed by atoms with van der Waals surface area (Å²) in [5.41, 5.74) is 1.72. The maximum atomic E-state index is 10.2. The van der Waals surface area contributed by atoms with Gasteiger partial charge >= 0.3 is 19.5 Å². The van der Waals surface area contributed by atoms with E-state index < -0.39 is 11.9 Å². The van der Waals surface area contributed by atoms with Crippen molar-refractivity contribution < 1.29 is 61.2 Å². The van der Waals surface area contributed by atoms with Gasteiger partial charge in [0.1, 0.15) is 0 Å². The summed E-state index contributed by atoms with van der Waals surface area (Å²) < 4.78 is 0. The summed E-state index contributed by atoms with van der Waals surface area (Å²) in [4.78, 5) is 28.8. The summed E-state index contributed by atoms with van der Waals surface area (Å²) in [6.45, 7) is 0. The Balaban J connectivity index is -0.000000184. The molecule has 0 atom stereocenters. The standard InChI is InChI=1S/C10H8N2.C8H6O4.4H2O.Zn/c1-3-7-11-9(5-1)10-6-2-4-8-12-10;9-7(10)5-1-2-6(4-3-5)8(11)12;;;;;/h1-8H;1-4H,(H,9,10)(H,11,12);4*1H2;/q;;;;;;+2/p+2. The number of pyridine rings is 2. The summed E-state index contributed by atoms with van der Waals surface area (Å²) in [6, 6.07) is 16.2. The molecule has 3 rings (SSSR count). The third-order valence-corrected chi connectivity index (χ3v) is 2.95. The van der Waals surface area contributed by atoms with Gasteiger partial charge in [0.25, 0.3) is 0 Å². The molecule has 0 aliphatic rings. The normalized spacial score (nSPS) is 7.86. The van der Waals surface area contributed by atoms with Crippen molar-refractivity contribution >= 4 is 11.9 Å². The zero-order valence-corrected chi connectivity index (χ0v) is 18.4. The van der Waals surface area contributed by atoms with Crippen LogP contribution in [0.3, 0.4) is 0 Å². The van der Waals surface area contributed by atoms with E-state index in [9.17, 15) is 19.8 Å². The molecular formula is C18H24N2O8Zn+4. The van der Waals surface area contributed by atoms with Crippen LogP contribution in [0.2, 0.25) is 0 Å². The second-order valence-electron chi connectivity index (χ2n) is 4.58. The number of carboxylic acids is 2. The van der Waals surface area contributed by atoms with Crippen LogP contribution in [0.15, 0.2) is 73.1 Å². The summed E-state index contributed by atoms with van der Waals surface area (Å²) in [5.74, 6) is -2.67. The monoisotopic (exact) mass is 460 g/mol. The van der Waals surface area contributed by atoms with Crippen molar-refractivity contribution in [3.8, 4) is 11.4 Å². The van der Waals surface area contributed by atoms with Crippen molar-refractivity contribution in [2.24, 2.45) is 0 Å². The van der Waals surface area contributed by atoms with Gasteiger partial charge in [0.05, 0.1) is 23.3 Å². The fraction of sp³-hybridized carbons (Fsp3) is 0. The Morgan fingerprint density at radius 2 is 0.897 bits per heavy atom. The minimum atomic E-state index is -1.33. The molecule has 0 fully saturated rings. The molecule has 0 bridgehead atoms. The van der Waals surface area contributed by atoms with Crippen LogP contribution in [0.25, 0.3) is 11.4 Å². The topological polar surface area (TPSA) is 238 Å². The third kappa shape index (κ3) is 10.7. The number of carbonyl (C=O) groups excluding carboxylic acids is 2. The van der Waals surface area contributed by atoms with E-state index in [0.717, 1.165) is 35.7 Å². The number of aromatic nitrogens is 2. The van der Waals surface area contributed by atoms with Gasteiger partial charge < -0.3 is 41.7 Å². The van der Waals surface area contributed by atoms with E-state index in [-0.39, 0.29) is 52.5 Å². The van der Waals surface area contributed by atoms with E-state index in [1.54, 1.807) is 12.4 Å². The average Bonchev–Trinajstić information content (AvgIpc) is 2.64. The van der Waals surface area contributed by atoms with Gasteiger partial charge in [-0.25, -0.2) is 0 Å². The SMILES string of the molecule is O=C([O-])c1ccc(C(=O)[O-])cc1.[OH3+].[OH3+].[OH3+].[OH3+].[Zn+2].c1ccc(-c2ccccn2)nc1. The summed E-state index contributed by atoms with van der Waals surface area (Å²) >= 11 is 0. The van der Waals surface area contributed by atoms with Crippen molar-refractivity contribution in [3.05, 3.63) is 84.2 Å². The van der Waals surface area contributed by atoms with E-state index in [1.165, 1.54) is 0 Å². The first-order valence-corrected chi connectivity index (χ1v) is 6.93. The van der Waals surface area contributed by atoms with Crippen LogP contribution in [0.4, 0.5) is 0 Å². The molecule has 0 saturated carbocycles. The Hall–Kier alpha value is -3.08. The molecule has 152 valence electrons. The van der Waals surface area contributed by atoms with Crippen LogP contribution >= 0.6 is 0 Å². The summed E-state index contributed by atoms with van der Waals surface area (Å²) in [6.07, 6.45) is 3.54. The first kappa shape index (κ1) is 33.5. The molecule has 11 heteroatoms. The van der Waals surface area contributed by atoms with Gasteiger partial charge in [-0.3, -0.25) is 9.97 Å². The van der Waals surface area contributed by atoms with E-state index in [1.807, 2.05) is 36.4 Å². The van der Waals surface area contributed by atoms with Crippen molar-refractivity contribution in [3.63, 3.8) is 0 Å². The Kier molecular flexibility index (Phi) is 19.7. The number of hydrogen-bond donors (Lipinski definition) is 0. The zero-order chi connectivity index (χ0) is 17.4. The molecule has 0 spiro atoms. The molecule has 0 aliphatic carbocycles. The number of hydrogen-bond acceptors (Lipinski definition) is 6. The largest absolute Gasteiger partial charge is 2.00 e. The Morgan fingerprint density at radius 1 is 0.586 bits per heavy atom. The first-order valence-electron chi connectivity index (χ1n) is 6.93. The second kappa shape index (κ2) is 17.1. The van der Waals surface area contributed by atoms with Crippen LogP contribution in [0.5, 0.6) is 0 Å². The molecule has 2 heterocycles. The Morgan fingerprint density at radius 3 is 1.10 bits per heavy atom. The van der Waals surface area contributed by atoms with Crippen molar-refractivity contribution in [1.29, 1.82) is 0 Å². The molecule has 10 nitrogen and oxygen atoms in total. The minimum absolute atomic E-state index is 0. The van der Waals surface area contributed by atoms with Crippen molar-refractivity contribution in [1.82, 2.24) is 9.97 Å². The summed E-state index contributed by atoms with van der Waals surface area (Å²) in [7, 11) is 0. The Labute approximate surface area is 178 Å². The number of nitrogens with zero attached hydrogens (tertiary/aromatic N) is 2. The van der Waals surface area contributed by atoms with Gasteiger partial charge in [-0.15, -0.1) is 0 Å². The summed E-state index contributed by atoms with van der Waals surface area (Å²) in [5, 5.41) is 20.4. The van der Waals surface area contributed by atoms with Gasteiger partial charge in [0, 0.05) is 12.4 Å². The van der Waals surface area contributed by atoms with Crippen LogP contribution in [-0.2, 0) is 41.4 Å². The number of aromatic carboxylic acids is 2. The predicted octanol–water partition coefficient (Wildman–Crippen LogP) is -3.13. The van der Waals surface area contributed by atoms with Crippen molar-refractivity contribution in [2.75, 3.05) is 0 Å². The van der Waals surface area contributed by atoms with Crippen LogP contribution in [0.1, 0.15) is 20.7 Å². The van der Waals surface area contributed by atoms with E-state index in [4.69, 9.17) is 0 Å². The Bertz CT molecular complexity index is 748. The maximum absolute atomic E-state index is 10.2. The fourth-order valence-electron chi connectivity index (χ4n) is 1.77. The second-order valence-corrected chi connectivity index (χ2v) is 4.58. The molecule has 0 unspecified atom stereocenters. The molecule has 0 saturated heterocycles. The van der Waals surface area contributed by atoms with Gasteiger partial charge in [0.15, 0.2) is 0 Å². The minimum Gasteiger partial charge on any atom is -0.545 e. The smallest absolute Gasteiger partial charge is 0.545 e. The molecular weight excluding hydrogens is 438 g/mol. The zero-order valence-electron chi connectivity index (χ0n) is 15.5. The molecule has 0 radical (unpaired) electrons. The number of carboxylic acid groups (broad SMARTS) is 2. The molecule has 0 aliphatic heterocycles. The fourth-order valence-corrected chi connectivity index (χ4v) is 1.77. The number of carbonyl (C=O) groups is 2. The van der Waals surface area contributed by atoms with Gasteiger partial charge in [-0.2, -0.15) is 0 Å². The quantitative estimate of drug-likeness (QED) is 0.288. The van der Waals surface area contributed by atoms with E-state index >= 15 is 0 Å². The number of rotatable bonds is 3. The van der Waals surface area contributed by atoms with E-state index in [2.05, 4.69) is 9.97 Å². The number of benzene rings is 1. The van der Waals surface area contributed by atoms with Crippen LogP contribution < -0.4 is 10.2 Å². The molecule has 1 aromatic carbocycles. The molecule has 0 amide bonds. The van der Waals surface area contributed by atoms with Gasteiger partial charge in [-0.1, -0.05) is 36.4 Å². The predicted molar refractivity (Wildman–Crippen MR) is 102 cm³/mol. The third-order valence-electron chi connectivity index (χ3n) is 2.95. The average molecular weight is 462 g/mol. The van der Waals surface area contributed by atoms with E-state index in [0.29, 0.717) is 0 Å². The molecule has 12 N–H and O–H groups in total. The van der Waals surface area contributed by atoms with Gasteiger partial charge in [-0.05, 0) is 35.4 Å². The first-order chi connectivity index (χ1) is 11.6. The van der Waals surface area contributed by atoms with Crippen LogP contribution in [-0.4, -0.2) is 21.9 Å². The maximum Gasteiger partial charge on any atom is 2.00 e. The molecule has 29 heavy (non-hydrogen) atoms. The van der Waals surface area contributed by atoms with Crippen LogP contribution in [0, 0.1) is 0 Å². The van der Waals surface area contributed by atoms with Gasteiger partial charge in [0.2, 0.25) is 0 Å². The molecule has 3 aromatic rings. The van der Waals surface area contributed by atoms with Crippen molar-refractivity contribution in [2.45, 2.75) is 0 Å².